The van der Waals surface area contributed by atoms with E-state index >= 15 is 0 Å². The Hall–Kier alpha value is -2.48. The molecule has 8 nitrogen and oxygen atoms in total. The molecule has 1 aliphatic heterocycles. The quantitative estimate of drug-likeness (QED) is 0.452. The minimum Gasteiger partial charge on any atom is -0.463 e. The lowest BCUT2D eigenvalue weighted by atomic mass is 9.96. The van der Waals surface area contributed by atoms with Crippen molar-refractivity contribution in [1.29, 1.82) is 0 Å². The highest BCUT2D eigenvalue weighted by atomic mass is 16.6. The topological polar surface area (TPSA) is 108 Å². The van der Waals surface area contributed by atoms with E-state index < -0.39 is 16.9 Å². The van der Waals surface area contributed by atoms with Gasteiger partial charge in [0.05, 0.1) is 29.1 Å². The largest absolute Gasteiger partial charge is 0.463 e. The van der Waals surface area contributed by atoms with Crippen molar-refractivity contribution in [2.24, 2.45) is 5.92 Å². The zero-order chi connectivity index (χ0) is 19.1. The average Bonchev–Trinajstić information content (AvgIpc) is 2.61. The first-order valence-electron chi connectivity index (χ1n) is 8.69. The Morgan fingerprint density at radius 1 is 1.31 bits per heavy atom. The SMILES string of the molecule is CC(C)OC(=O)CC(NC(=O)C1CCOCC1)c1ccccc1[N+](=O)[O-]. The van der Waals surface area contributed by atoms with E-state index in [4.69, 9.17) is 9.47 Å². The minimum absolute atomic E-state index is 0.137. The van der Waals surface area contributed by atoms with Gasteiger partial charge in [-0.3, -0.25) is 19.7 Å². The van der Waals surface area contributed by atoms with Crippen LogP contribution in [0.4, 0.5) is 5.69 Å². The maximum atomic E-state index is 12.6. The van der Waals surface area contributed by atoms with Gasteiger partial charge >= 0.3 is 5.97 Å². The summed E-state index contributed by atoms with van der Waals surface area (Å²) in [5.74, 6) is -0.973. The molecule has 1 fully saturated rings. The molecule has 1 atom stereocenters. The van der Waals surface area contributed by atoms with Crippen molar-refractivity contribution in [2.45, 2.75) is 45.3 Å². The van der Waals surface area contributed by atoms with Crippen LogP contribution in [-0.2, 0) is 19.1 Å². The third-order valence-electron chi connectivity index (χ3n) is 4.16. The predicted molar refractivity (Wildman–Crippen MR) is 93.4 cm³/mol. The van der Waals surface area contributed by atoms with Crippen molar-refractivity contribution in [3.05, 3.63) is 39.9 Å². The van der Waals surface area contributed by atoms with Gasteiger partial charge in [-0.2, -0.15) is 0 Å². The van der Waals surface area contributed by atoms with E-state index in [1.807, 2.05) is 0 Å². The Balaban J connectivity index is 2.22. The molecule has 1 aromatic rings. The molecule has 1 amide bonds. The summed E-state index contributed by atoms with van der Waals surface area (Å²) < 4.78 is 10.4. The molecule has 1 saturated heterocycles. The summed E-state index contributed by atoms with van der Waals surface area (Å²) in [5.41, 5.74) is 0.153. The summed E-state index contributed by atoms with van der Waals surface area (Å²) >= 11 is 0. The Morgan fingerprint density at radius 2 is 1.96 bits per heavy atom. The summed E-state index contributed by atoms with van der Waals surface area (Å²) in [6, 6.07) is 5.28. The molecule has 1 unspecified atom stereocenters. The van der Waals surface area contributed by atoms with Crippen molar-refractivity contribution < 1.29 is 24.0 Å². The number of esters is 1. The van der Waals surface area contributed by atoms with Crippen molar-refractivity contribution in [3.63, 3.8) is 0 Å². The molecule has 26 heavy (non-hydrogen) atoms. The molecule has 1 N–H and O–H groups in total. The third-order valence-corrected chi connectivity index (χ3v) is 4.16. The van der Waals surface area contributed by atoms with Gasteiger partial charge in [-0.05, 0) is 26.7 Å². The Kier molecular flexibility index (Phi) is 7.08. The second-order valence-corrected chi connectivity index (χ2v) is 6.51. The molecule has 0 spiro atoms. The predicted octanol–water partition coefficient (Wildman–Crippen LogP) is 2.52. The summed E-state index contributed by atoms with van der Waals surface area (Å²) in [6.07, 6.45) is 0.704. The molecule has 142 valence electrons. The number of para-hydroxylation sites is 1. The van der Waals surface area contributed by atoms with E-state index in [-0.39, 0.29) is 30.0 Å². The van der Waals surface area contributed by atoms with Gasteiger partial charge in [0.15, 0.2) is 0 Å². The lowest BCUT2D eigenvalue weighted by molar-refractivity contribution is -0.385. The Bertz CT molecular complexity index is 655. The highest BCUT2D eigenvalue weighted by molar-refractivity contribution is 5.80. The van der Waals surface area contributed by atoms with Crippen LogP contribution in [0.3, 0.4) is 0 Å². The minimum atomic E-state index is -0.821. The molecule has 2 rings (SSSR count). The number of carbonyl (C=O) groups excluding carboxylic acids is 2. The highest BCUT2D eigenvalue weighted by Gasteiger charge is 2.29. The molecular formula is C18H24N2O6. The van der Waals surface area contributed by atoms with Crippen LogP contribution in [0.15, 0.2) is 24.3 Å². The van der Waals surface area contributed by atoms with E-state index in [2.05, 4.69) is 5.32 Å². The lowest BCUT2D eigenvalue weighted by Crippen LogP contribution is -2.38. The molecule has 1 aliphatic rings. The number of hydrogen-bond acceptors (Lipinski definition) is 6. The Morgan fingerprint density at radius 3 is 2.58 bits per heavy atom. The van der Waals surface area contributed by atoms with Crippen LogP contribution < -0.4 is 5.32 Å². The van der Waals surface area contributed by atoms with Crippen LogP contribution in [0, 0.1) is 16.0 Å². The van der Waals surface area contributed by atoms with Crippen LogP contribution in [-0.4, -0.2) is 36.1 Å². The molecule has 1 aromatic carbocycles. The summed E-state index contributed by atoms with van der Waals surface area (Å²) in [7, 11) is 0. The zero-order valence-corrected chi connectivity index (χ0v) is 15.0. The normalized spacial score (nSPS) is 16.1. The van der Waals surface area contributed by atoms with Gasteiger partial charge in [0.25, 0.3) is 5.69 Å². The fourth-order valence-electron chi connectivity index (χ4n) is 2.91. The third kappa shape index (κ3) is 5.52. The van der Waals surface area contributed by atoms with Crippen molar-refractivity contribution >= 4 is 17.6 Å². The molecular weight excluding hydrogens is 340 g/mol. The number of rotatable bonds is 7. The number of nitro benzene ring substituents is 1. The second-order valence-electron chi connectivity index (χ2n) is 6.51. The van der Waals surface area contributed by atoms with Gasteiger partial charge in [-0.15, -0.1) is 0 Å². The van der Waals surface area contributed by atoms with Crippen LogP contribution in [0.2, 0.25) is 0 Å². The molecule has 0 saturated carbocycles. The fraction of sp³-hybridized carbons (Fsp3) is 0.556. The van der Waals surface area contributed by atoms with Gasteiger partial charge in [0.1, 0.15) is 0 Å². The van der Waals surface area contributed by atoms with Gasteiger partial charge in [0, 0.05) is 25.2 Å². The van der Waals surface area contributed by atoms with Crippen molar-refractivity contribution in [3.8, 4) is 0 Å². The van der Waals surface area contributed by atoms with Crippen LogP contribution in [0.1, 0.15) is 44.7 Å². The average molecular weight is 364 g/mol. The molecule has 8 heteroatoms. The van der Waals surface area contributed by atoms with Gasteiger partial charge in [0.2, 0.25) is 5.91 Å². The number of amides is 1. The van der Waals surface area contributed by atoms with Crippen LogP contribution >= 0.6 is 0 Å². The highest BCUT2D eigenvalue weighted by Crippen LogP contribution is 2.28. The zero-order valence-electron chi connectivity index (χ0n) is 15.0. The Labute approximate surface area is 152 Å². The molecule has 1 heterocycles. The first-order chi connectivity index (χ1) is 12.4. The fourth-order valence-corrected chi connectivity index (χ4v) is 2.91. The number of nitro groups is 1. The number of benzene rings is 1. The number of carbonyl (C=O) groups is 2. The van der Waals surface area contributed by atoms with Crippen molar-refractivity contribution in [2.75, 3.05) is 13.2 Å². The monoisotopic (exact) mass is 364 g/mol. The summed E-state index contributed by atoms with van der Waals surface area (Å²) in [6.45, 7) is 4.45. The summed E-state index contributed by atoms with van der Waals surface area (Å²) in [4.78, 5) is 35.5. The van der Waals surface area contributed by atoms with Gasteiger partial charge < -0.3 is 14.8 Å². The number of nitrogens with zero attached hydrogens (tertiary/aromatic N) is 1. The van der Waals surface area contributed by atoms with Gasteiger partial charge in [-0.25, -0.2) is 0 Å². The number of nitrogens with one attached hydrogen (secondary N) is 1. The van der Waals surface area contributed by atoms with Gasteiger partial charge in [-0.1, -0.05) is 18.2 Å². The molecule has 0 radical (unpaired) electrons. The first kappa shape index (κ1) is 19.8. The van der Waals surface area contributed by atoms with E-state index in [1.165, 1.54) is 6.07 Å². The van der Waals surface area contributed by atoms with Crippen molar-refractivity contribution in [1.82, 2.24) is 5.32 Å². The maximum Gasteiger partial charge on any atom is 0.308 e. The second kappa shape index (κ2) is 9.28. The van der Waals surface area contributed by atoms with E-state index in [0.717, 1.165) is 0 Å². The lowest BCUT2D eigenvalue weighted by Gasteiger charge is -2.25. The number of hydrogen-bond donors (Lipinski definition) is 1. The number of ether oxygens (including phenoxy) is 2. The van der Waals surface area contributed by atoms with E-state index in [9.17, 15) is 19.7 Å². The molecule has 0 aromatic heterocycles. The van der Waals surface area contributed by atoms with Crippen LogP contribution in [0.25, 0.3) is 0 Å². The molecule has 0 aliphatic carbocycles. The summed E-state index contributed by atoms with van der Waals surface area (Å²) in [5, 5.41) is 14.1. The molecule has 0 bridgehead atoms. The van der Waals surface area contributed by atoms with E-state index in [1.54, 1.807) is 32.0 Å². The smallest absolute Gasteiger partial charge is 0.308 e. The van der Waals surface area contributed by atoms with Crippen LogP contribution in [0.5, 0.6) is 0 Å². The maximum absolute atomic E-state index is 12.6. The van der Waals surface area contributed by atoms with E-state index in [0.29, 0.717) is 31.6 Å². The first-order valence-corrected chi connectivity index (χ1v) is 8.69. The standard InChI is InChI=1S/C18H24N2O6/c1-12(2)26-17(21)11-15(14-5-3-4-6-16(14)20(23)24)19-18(22)13-7-9-25-10-8-13/h3-6,12-13,15H,7-11H2,1-2H3,(H,19,22).